The molecule has 0 saturated carbocycles. The number of aromatic nitrogens is 4. The van der Waals surface area contributed by atoms with E-state index in [1.165, 1.54) is 37.4 Å². The summed E-state index contributed by atoms with van der Waals surface area (Å²) in [6.07, 6.45) is 0. The molecule has 0 N–H and O–H groups in total. The third-order valence-electron chi connectivity index (χ3n) is 7.73. The van der Waals surface area contributed by atoms with E-state index in [9.17, 15) is 0 Å². The quantitative estimate of drug-likeness (QED) is 0.232. The maximum Gasteiger partial charge on any atom is 0.226 e. The van der Waals surface area contributed by atoms with Crippen molar-refractivity contribution in [3.8, 4) is 5.69 Å². The first-order valence-corrected chi connectivity index (χ1v) is 15.6. The summed E-state index contributed by atoms with van der Waals surface area (Å²) in [5.74, 6) is 1.49. The molecule has 0 aliphatic heterocycles. The topological polar surface area (TPSA) is 43.6 Å². The van der Waals surface area contributed by atoms with Crippen LogP contribution in [-0.2, 0) is 0 Å². The molecule has 2 aromatic heterocycles. The van der Waals surface area contributed by atoms with Crippen LogP contribution in [0.3, 0.4) is 0 Å². The summed E-state index contributed by atoms with van der Waals surface area (Å²) in [5, 5.41) is 6.20. The fourth-order valence-electron chi connectivity index (χ4n) is 6.11. The second-order valence-corrected chi connectivity index (χ2v) is 13.8. The molecule has 0 unspecified atom stereocenters. The summed E-state index contributed by atoms with van der Waals surface area (Å²) in [6, 6.07) is 47.9. The summed E-state index contributed by atoms with van der Waals surface area (Å²) >= 11 is 0. The lowest BCUT2D eigenvalue weighted by atomic mass is 10.1. The summed E-state index contributed by atoms with van der Waals surface area (Å²) < 4.78 is 2.36. The molecule has 192 valence electrons. The van der Waals surface area contributed by atoms with E-state index in [4.69, 9.17) is 9.97 Å². The van der Waals surface area contributed by atoms with Crippen molar-refractivity contribution in [1.82, 2.24) is 19.5 Å². The highest BCUT2D eigenvalue weighted by molar-refractivity contribution is 7.19. The number of aryl methyl sites for hydroxylation is 2. The molecule has 5 aromatic carbocycles. The molecule has 0 aliphatic carbocycles. The summed E-state index contributed by atoms with van der Waals surface area (Å²) in [4.78, 5) is 14.7. The van der Waals surface area contributed by atoms with Gasteiger partial charge in [-0.25, -0.2) is 15.0 Å². The van der Waals surface area contributed by atoms with Gasteiger partial charge < -0.3 is 4.57 Å². The Bertz CT molecular complexity index is 1910. The Hall–Kier alpha value is -4.87. The first kappa shape index (κ1) is 24.2. The van der Waals surface area contributed by atoms with Gasteiger partial charge in [-0.3, -0.25) is 0 Å². The lowest BCUT2D eigenvalue weighted by Gasteiger charge is -2.32. The van der Waals surface area contributed by atoms with Crippen LogP contribution >= 0.6 is 0 Å². The molecule has 0 radical (unpaired) electrons. The third kappa shape index (κ3) is 3.78. The zero-order valence-corrected chi connectivity index (χ0v) is 23.5. The highest BCUT2D eigenvalue weighted by Crippen LogP contribution is 2.31. The van der Waals surface area contributed by atoms with Crippen LogP contribution in [0.1, 0.15) is 11.6 Å². The Balaban J connectivity index is 1.62. The molecule has 5 heteroatoms. The van der Waals surface area contributed by atoms with Gasteiger partial charge in [-0.1, -0.05) is 109 Å². The van der Waals surface area contributed by atoms with E-state index in [1.807, 2.05) is 13.8 Å². The van der Waals surface area contributed by atoms with E-state index >= 15 is 0 Å². The second kappa shape index (κ2) is 9.70. The second-order valence-electron chi connectivity index (χ2n) is 10.2. The Morgan fingerprint density at radius 3 is 1.62 bits per heavy atom. The van der Waals surface area contributed by atoms with E-state index in [-0.39, 0.29) is 0 Å². The van der Waals surface area contributed by atoms with Crippen molar-refractivity contribution in [3.05, 3.63) is 145 Å². The van der Waals surface area contributed by atoms with Crippen molar-refractivity contribution in [3.63, 3.8) is 0 Å². The van der Waals surface area contributed by atoms with E-state index in [0.29, 0.717) is 0 Å². The lowest BCUT2D eigenvalue weighted by molar-refractivity contribution is 0.945. The van der Waals surface area contributed by atoms with E-state index < -0.39 is 8.07 Å². The monoisotopic (exact) mass is 532 g/mol. The molecule has 0 fully saturated rings. The first-order valence-electron chi connectivity index (χ1n) is 13.6. The molecule has 2 heterocycles. The average molecular weight is 533 g/mol. The lowest BCUT2D eigenvalue weighted by Crippen LogP contribution is -2.76. The van der Waals surface area contributed by atoms with Crippen LogP contribution in [0.2, 0.25) is 0 Å². The number of para-hydroxylation sites is 2. The molecule has 40 heavy (non-hydrogen) atoms. The maximum absolute atomic E-state index is 5.07. The number of fused-ring (bicyclic) bond motifs is 3. The van der Waals surface area contributed by atoms with Gasteiger partial charge >= 0.3 is 0 Å². The molecule has 0 atom stereocenters. The molecule has 0 bridgehead atoms. The van der Waals surface area contributed by atoms with E-state index in [2.05, 4.69) is 143 Å². The van der Waals surface area contributed by atoms with Gasteiger partial charge in [0.05, 0.1) is 11.0 Å². The number of hydrogen-bond acceptors (Lipinski definition) is 3. The number of benzene rings is 5. The van der Waals surface area contributed by atoms with Gasteiger partial charge in [0.2, 0.25) is 8.07 Å². The molecule has 4 nitrogen and oxygen atoms in total. The predicted octanol–water partition coefficient (Wildman–Crippen LogP) is 4.96. The summed E-state index contributed by atoms with van der Waals surface area (Å²) in [5.41, 5.74) is 4.39. The van der Waals surface area contributed by atoms with Crippen molar-refractivity contribution in [2.24, 2.45) is 0 Å². The minimum atomic E-state index is -2.91. The Kier molecular flexibility index (Phi) is 5.87. The van der Waals surface area contributed by atoms with Crippen molar-refractivity contribution >= 4 is 50.9 Å². The number of rotatable bonds is 5. The molecule has 7 aromatic rings. The fraction of sp³-hybridized carbons (Fsp3) is 0.0571. The van der Waals surface area contributed by atoms with Gasteiger partial charge in [-0.15, -0.1) is 0 Å². The fourth-order valence-corrected chi connectivity index (χ4v) is 10.6. The van der Waals surface area contributed by atoms with Crippen LogP contribution in [0, 0.1) is 13.8 Å². The van der Waals surface area contributed by atoms with Gasteiger partial charge in [0, 0.05) is 16.5 Å². The van der Waals surface area contributed by atoms with Crippen molar-refractivity contribution in [1.29, 1.82) is 0 Å². The number of nitrogens with zero attached hydrogens (tertiary/aromatic N) is 4. The van der Waals surface area contributed by atoms with Crippen molar-refractivity contribution < 1.29 is 0 Å². The number of hydrogen-bond donors (Lipinski definition) is 0. The Labute approximate surface area is 234 Å². The van der Waals surface area contributed by atoms with E-state index in [0.717, 1.165) is 22.8 Å². The minimum Gasteiger partial charge on any atom is -0.309 e. The van der Waals surface area contributed by atoms with Crippen molar-refractivity contribution in [2.45, 2.75) is 13.8 Å². The first-order chi connectivity index (χ1) is 19.7. The Morgan fingerprint density at radius 2 is 1.00 bits per heavy atom. The average Bonchev–Trinajstić information content (AvgIpc) is 3.33. The summed E-state index contributed by atoms with van der Waals surface area (Å²) in [7, 11) is -2.91. The zero-order chi connectivity index (χ0) is 27.1. The van der Waals surface area contributed by atoms with E-state index in [1.54, 1.807) is 0 Å². The predicted molar refractivity (Wildman–Crippen MR) is 167 cm³/mol. The van der Waals surface area contributed by atoms with Crippen LogP contribution in [-0.4, -0.2) is 27.6 Å². The molecule has 0 aliphatic rings. The largest absolute Gasteiger partial charge is 0.309 e. The minimum absolute atomic E-state index is 0.744. The molecule has 0 amide bonds. The van der Waals surface area contributed by atoms with Crippen LogP contribution in [0.25, 0.3) is 27.5 Å². The van der Waals surface area contributed by atoms with Crippen LogP contribution in [0.15, 0.2) is 133 Å². The van der Waals surface area contributed by atoms with Gasteiger partial charge in [0.25, 0.3) is 0 Å². The normalized spacial score (nSPS) is 11.8. The van der Waals surface area contributed by atoms with Crippen LogP contribution in [0.4, 0.5) is 0 Å². The standard InChI is InChI=1S/C35H28N4Si/c1-25-36-26(2)38-35(37-25)40(28-16-8-4-9-17-28,29-18-10-5-11-19-29)30-22-23-34-32(24-30)31-20-12-13-21-33(31)39(34)27-14-6-3-7-15-27/h3-24H,1-2H3. The highest BCUT2D eigenvalue weighted by Gasteiger charge is 2.45. The highest BCUT2D eigenvalue weighted by atomic mass is 28.3. The van der Waals surface area contributed by atoms with Crippen molar-refractivity contribution in [2.75, 3.05) is 0 Å². The van der Waals surface area contributed by atoms with Crippen LogP contribution < -0.4 is 21.0 Å². The zero-order valence-electron chi connectivity index (χ0n) is 22.5. The van der Waals surface area contributed by atoms with Crippen LogP contribution in [0.5, 0.6) is 0 Å². The molecular weight excluding hydrogens is 504 g/mol. The molecular formula is C35H28N4Si. The SMILES string of the molecule is Cc1nc(C)nc([Si](c2ccccc2)(c2ccccc2)c2ccc3c(c2)c2ccccc2n3-c2ccccc2)n1. The molecule has 0 spiro atoms. The Morgan fingerprint density at radius 1 is 0.475 bits per heavy atom. The summed E-state index contributed by atoms with van der Waals surface area (Å²) in [6.45, 7) is 3.92. The van der Waals surface area contributed by atoms with Gasteiger partial charge in [-0.2, -0.15) is 0 Å². The molecule has 7 rings (SSSR count). The van der Waals surface area contributed by atoms with Gasteiger partial charge in [-0.05, 0) is 53.7 Å². The van der Waals surface area contributed by atoms with Gasteiger partial charge in [0.1, 0.15) is 17.1 Å². The molecule has 0 saturated heterocycles. The smallest absolute Gasteiger partial charge is 0.226 e. The third-order valence-corrected chi connectivity index (χ3v) is 12.2. The van der Waals surface area contributed by atoms with Gasteiger partial charge in [0.15, 0.2) is 0 Å². The maximum atomic E-state index is 5.07.